The molecule has 1 unspecified atom stereocenters. The van der Waals surface area contributed by atoms with E-state index in [2.05, 4.69) is 36.2 Å². The molecule has 1 saturated heterocycles. The van der Waals surface area contributed by atoms with E-state index in [0.717, 1.165) is 22.3 Å². The normalized spacial score (nSPS) is 16.3. The number of nitrogens with zero attached hydrogens (tertiary/aromatic N) is 1. The van der Waals surface area contributed by atoms with E-state index in [9.17, 15) is 14.4 Å². The summed E-state index contributed by atoms with van der Waals surface area (Å²) in [6, 6.07) is 15.5. The monoisotopic (exact) mass is 462 g/mol. The first-order valence-corrected chi connectivity index (χ1v) is 11.7. The number of benzene rings is 2. The number of rotatable bonds is 8. The number of piperidine rings is 1. The third kappa shape index (κ3) is 5.14. The van der Waals surface area contributed by atoms with Gasteiger partial charge in [-0.15, -0.1) is 6.58 Å². The van der Waals surface area contributed by atoms with Crippen LogP contribution in [0.2, 0.25) is 0 Å². The van der Waals surface area contributed by atoms with Crippen molar-refractivity contribution in [2.75, 3.05) is 19.7 Å². The largest absolute Gasteiger partial charge is 0.481 e. The lowest BCUT2D eigenvalue weighted by Gasteiger charge is -2.33. The van der Waals surface area contributed by atoms with Crippen LogP contribution < -0.4 is 5.32 Å². The highest BCUT2D eigenvalue weighted by Crippen LogP contribution is 2.44. The maximum atomic E-state index is 13.0. The summed E-state index contributed by atoms with van der Waals surface area (Å²) in [6.45, 7) is 4.85. The third-order valence-corrected chi connectivity index (χ3v) is 6.73. The first-order valence-electron chi connectivity index (χ1n) is 11.7. The maximum absolute atomic E-state index is 13.0. The molecule has 34 heavy (non-hydrogen) atoms. The third-order valence-electron chi connectivity index (χ3n) is 6.73. The van der Waals surface area contributed by atoms with E-state index in [4.69, 9.17) is 9.84 Å². The first-order chi connectivity index (χ1) is 16.5. The fourth-order valence-corrected chi connectivity index (χ4v) is 5.00. The molecule has 2 amide bonds. The zero-order valence-corrected chi connectivity index (χ0v) is 19.1. The number of likely N-dealkylation sites (tertiary alicyclic amines) is 1. The predicted molar refractivity (Wildman–Crippen MR) is 128 cm³/mol. The molecule has 1 aliphatic heterocycles. The van der Waals surface area contributed by atoms with Gasteiger partial charge in [-0.2, -0.15) is 0 Å². The molecule has 2 aromatic rings. The summed E-state index contributed by atoms with van der Waals surface area (Å²) in [5, 5.41) is 11.7. The van der Waals surface area contributed by atoms with Gasteiger partial charge >= 0.3 is 12.1 Å². The number of fused-ring (bicyclic) bond motifs is 3. The van der Waals surface area contributed by atoms with E-state index in [1.165, 1.54) is 0 Å². The molecule has 4 rings (SSSR count). The predicted octanol–water partition coefficient (Wildman–Crippen LogP) is 4.18. The van der Waals surface area contributed by atoms with Gasteiger partial charge in [0.15, 0.2) is 0 Å². The molecule has 178 valence electrons. The highest BCUT2D eigenvalue weighted by molar-refractivity contribution is 5.86. The Morgan fingerprint density at radius 1 is 1.06 bits per heavy atom. The van der Waals surface area contributed by atoms with Crippen LogP contribution >= 0.6 is 0 Å². The summed E-state index contributed by atoms with van der Waals surface area (Å²) in [4.78, 5) is 38.3. The standard InChI is InChI=1S/C27H30N2O5/c1-2-7-24(26(32)29-14-12-18(13-15-29)16-25(30)31)28-27(33)34-17-23-21-10-5-3-8-19(21)20-9-4-6-11-22(20)23/h2-6,8-11,18,23-24H,1,7,12-17H2,(H,28,33)(H,30,31). The van der Waals surface area contributed by atoms with Crippen LogP contribution in [0.15, 0.2) is 61.2 Å². The zero-order chi connectivity index (χ0) is 24.1. The molecule has 1 atom stereocenters. The lowest BCUT2D eigenvalue weighted by molar-refractivity contribution is -0.139. The second-order valence-corrected chi connectivity index (χ2v) is 8.91. The van der Waals surface area contributed by atoms with E-state index < -0.39 is 18.1 Å². The van der Waals surface area contributed by atoms with Crippen molar-refractivity contribution in [2.45, 2.75) is 37.6 Å². The number of carboxylic acids is 1. The minimum atomic E-state index is -0.814. The van der Waals surface area contributed by atoms with Crippen LogP contribution in [0, 0.1) is 5.92 Å². The quantitative estimate of drug-likeness (QED) is 0.574. The van der Waals surface area contributed by atoms with Gasteiger partial charge in [0.2, 0.25) is 5.91 Å². The molecule has 7 heteroatoms. The highest BCUT2D eigenvalue weighted by atomic mass is 16.5. The van der Waals surface area contributed by atoms with Crippen LogP contribution in [-0.4, -0.2) is 53.7 Å². The van der Waals surface area contributed by atoms with E-state index in [1.807, 2.05) is 24.3 Å². The summed E-state index contributed by atoms with van der Waals surface area (Å²) in [6.07, 6.45) is 2.66. The van der Waals surface area contributed by atoms with Crippen molar-refractivity contribution >= 4 is 18.0 Å². The number of ether oxygens (including phenoxy) is 1. The second kappa shape index (κ2) is 10.5. The molecule has 0 spiro atoms. The average molecular weight is 463 g/mol. The molecular weight excluding hydrogens is 432 g/mol. The Labute approximate surface area is 199 Å². The summed E-state index contributed by atoms with van der Waals surface area (Å²) >= 11 is 0. The Morgan fingerprint density at radius 3 is 2.21 bits per heavy atom. The maximum Gasteiger partial charge on any atom is 0.407 e. The van der Waals surface area contributed by atoms with Crippen molar-refractivity contribution in [1.29, 1.82) is 0 Å². The minimum absolute atomic E-state index is 0.0556. The molecule has 0 saturated carbocycles. The Morgan fingerprint density at radius 2 is 1.65 bits per heavy atom. The van der Waals surface area contributed by atoms with Crippen molar-refractivity contribution < 1.29 is 24.2 Å². The summed E-state index contributed by atoms with van der Waals surface area (Å²) < 4.78 is 5.59. The van der Waals surface area contributed by atoms with Gasteiger partial charge in [-0.05, 0) is 47.4 Å². The van der Waals surface area contributed by atoms with E-state index in [-0.39, 0.29) is 37.2 Å². The number of carboxylic acid groups (broad SMARTS) is 1. The number of carbonyl (C=O) groups is 3. The molecule has 1 heterocycles. The van der Waals surface area contributed by atoms with E-state index in [0.29, 0.717) is 25.9 Å². The average Bonchev–Trinajstić information content (AvgIpc) is 3.16. The fraction of sp³-hybridized carbons (Fsp3) is 0.370. The molecule has 2 aliphatic rings. The molecule has 0 bridgehead atoms. The van der Waals surface area contributed by atoms with Gasteiger partial charge in [0.05, 0.1) is 0 Å². The van der Waals surface area contributed by atoms with Crippen molar-refractivity contribution in [3.63, 3.8) is 0 Å². The van der Waals surface area contributed by atoms with Crippen LogP contribution in [0.3, 0.4) is 0 Å². The van der Waals surface area contributed by atoms with E-state index in [1.54, 1.807) is 11.0 Å². The van der Waals surface area contributed by atoms with Crippen LogP contribution in [0.25, 0.3) is 11.1 Å². The highest BCUT2D eigenvalue weighted by Gasteiger charge is 2.31. The smallest absolute Gasteiger partial charge is 0.407 e. The Bertz CT molecular complexity index is 1030. The summed E-state index contributed by atoms with van der Waals surface area (Å²) in [5.41, 5.74) is 4.55. The lowest BCUT2D eigenvalue weighted by atomic mass is 9.93. The van der Waals surface area contributed by atoms with Crippen molar-refractivity contribution in [2.24, 2.45) is 5.92 Å². The SMILES string of the molecule is C=CCC(NC(=O)OCC1c2ccccc2-c2ccccc21)C(=O)N1CCC(CC(=O)O)CC1. The van der Waals surface area contributed by atoms with Crippen molar-refractivity contribution in [3.8, 4) is 11.1 Å². The Balaban J connectivity index is 1.35. The van der Waals surface area contributed by atoms with E-state index >= 15 is 0 Å². The number of aliphatic carboxylic acids is 1. The number of amides is 2. The number of hydrogen-bond acceptors (Lipinski definition) is 4. The minimum Gasteiger partial charge on any atom is -0.481 e. The Kier molecular flexibility index (Phi) is 7.30. The van der Waals surface area contributed by atoms with Crippen LogP contribution in [0.5, 0.6) is 0 Å². The molecule has 1 fully saturated rings. The molecule has 1 aliphatic carbocycles. The summed E-state index contributed by atoms with van der Waals surface area (Å²) in [5.74, 6) is -0.983. The van der Waals surface area contributed by atoms with Crippen molar-refractivity contribution in [1.82, 2.24) is 10.2 Å². The molecule has 7 nitrogen and oxygen atoms in total. The van der Waals surface area contributed by atoms with Gasteiger partial charge < -0.3 is 20.1 Å². The molecule has 0 radical (unpaired) electrons. The zero-order valence-electron chi connectivity index (χ0n) is 19.1. The molecular formula is C27H30N2O5. The number of nitrogens with one attached hydrogen (secondary N) is 1. The molecule has 0 aromatic heterocycles. The van der Waals surface area contributed by atoms with Gasteiger partial charge in [-0.1, -0.05) is 54.6 Å². The molecule has 2 aromatic carbocycles. The first kappa shape index (κ1) is 23.5. The molecule has 2 N–H and O–H groups in total. The van der Waals surface area contributed by atoms with Crippen LogP contribution in [0.4, 0.5) is 4.79 Å². The van der Waals surface area contributed by atoms with Gasteiger partial charge in [0.25, 0.3) is 0 Å². The summed E-state index contributed by atoms with van der Waals surface area (Å²) in [7, 11) is 0. The Hall–Kier alpha value is -3.61. The topological polar surface area (TPSA) is 95.9 Å². The fourth-order valence-electron chi connectivity index (χ4n) is 5.00. The van der Waals surface area contributed by atoms with Crippen LogP contribution in [0.1, 0.15) is 42.7 Å². The van der Waals surface area contributed by atoms with Crippen LogP contribution in [-0.2, 0) is 14.3 Å². The van der Waals surface area contributed by atoms with Gasteiger partial charge in [-0.25, -0.2) is 4.79 Å². The lowest BCUT2D eigenvalue weighted by Crippen LogP contribution is -2.50. The number of alkyl carbamates (subject to hydrolysis) is 1. The van der Waals surface area contributed by atoms with Gasteiger partial charge in [-0.3, -0.25) is 9.59 Å². The van der Waals surface area contributed by atoms with Gasteiger partial charge in [0.1, 0.15) is 12.6 Å². The van der Waals surface area contributed by atoms with Gasteiger partial charge in [0, 0.05) is 25.4 Å². The number of hydrogen-bond donors (Lipinski definition) is 2. The number of carbonyl (C=O) groups excluding carboxylic acids is 2. The van der Waals surface area contributed by atoms with Crippen molar-refractivity contribution in [3.05, 3.63) is 72.3 Å². The second-order valence-electron chi connectivity index (χ2n) is 8.91.